The molecule has 0 bridgehead atoms. The molecule has 0 saturated heterocycles. The maximum Gasteiger partial charge on any atom is 0.276 e. The van der Waals surface area contributed by atoms with E-state index in [9.17, 15) is 4.79 Å². The third-order valence-electron chi connectivity index (χ3n) is 3.81. The van der Waals surface area contributed by atoms with Gasteiger partial charge in [-0.1, -0.05) is 31.2 Å². The molecule has 0 aliphatic heterocycles. The molecular weight excluding hydrogens is 312 g/mol. The quantitative estimate of drug-likeness (QED) is 0.729. The molecule has 2 N–H and O–H groups in total. The minimum absolute atomic E-state index is 0.272. The SMILES string of the molecule is CCc1ccc(Nc2ccc(C(=O)Nc3cccc(C)c3)nn2)cc1. The zero-order valence-corrected chi connectivity index (χ0v) is 14.3. The lowest BCUT2D eigenvalue weighted by Crippen LogP contribution is -2.14. The van der Waals surface area contributed by atoms with E-state index in [1.807, 2.05) is 43.3 Å². The fraction of sp³-hybridized carbons (Fsp3) is 0.150. The van der Waals surface area contributed by atoms with Crippen molar-refractivity contribution in [1.29, 1.82) is 0 Å². The maximum atomic E-state index is 12.2. The molecule has 1 aromatic heterocycles. The Morgan fingerprint density at radius 1 is 0.960 bits per heavy atom. The first kappa shape index (κ1) is 16.6. The van der Waals surface area contributed by atoms with Crippen LogP contribution >= 0.6 is 0 Å². The minimum atomic E-state index is -0.281. The van der Waals surface area contributed by atoms with E-state index in [1.54, 1.807) is 12.1 Å². The van der Waals surface area contributed by atoms with E-state index < -0.39 is 0 Å². The van der Waals surface area contributed by atoms with Crippen molar-refractivity contribution in [3.05, 3.63) is 77.5 Å². The second kappa shape index (κ2) is 7.57. The Balaban J connectivity index is 1.65. The fourth-order valence-corrected chi connectivity index (χ4v) is 2.41. The van der Waals surface area contributed by atoms with Crippen molar-refractivity contribution in [2.75, 3.05) is 10.6 Å². The molecule has 0 aliphatic rings. The van der Waals surface area contributed by atoms with Crippen molar-refractivity contribution in [1.82, 2.24) is 10.2 Å². The molecule has 0 aliphatic carbocycles. The highest BCUT2D eigenvalue weighted by Gasteiger charge is 2.09. The van der Waals surface area contributed by atoms with Gasteiger partial charge in [0.1, 0.15) is 0 Å². The van der Waals surface area contributed by atoms with Crippen molar-refractivity contribution < 1.29 is 4.79 Å². The van der Waals surface area contributed by atoms with Crippen LogP contribution in [0.2, 0.25) is 0 Å². The van der Waals surface area contributed by atoms with Gasteiger partial charge in [-0.15, -0.1) is 10.2 Å². The minimum Gasteiger partial charge on any atom is -0.339 e. The molecule has 0 atom stereocenters. The highest BCUT2D eigenvalue weighted by molar-refractivity contribution is 6.02. The summed E-state index contributed by atoms with van der Waals surface area (Å²) < 4.78 is 0. The van der Waals surface area contributed by atoms with E-state index in [0.29, 0.717) is 5.82 Å². The number of benzene rings is 2. The number of hydrogen-bond donors (Lipinski definition) is 2. The molecule has 0 unspecified atom stereocenters. The average molecular weight is 332 g/mol. The number of nitrogens with one attached hydrogen (secondary N) is 2. The van der Waals surface area contributed by atoms with Crippen LogP contribution in [0.4, 0.5) is 17.2 Å². The van der Waals surface area contributed by atoms with Crippen molar-refractivity contribution in [2.45, 2.75) is 20.3 Å². The summed E-state index contributed by atoms with van der Waals surface area (Å²) in [6, 6.07) is 19.1. The maximum absolute atomic E-state index is 12.2. The molecule has 0 spiro atoms. The first-order valence-electron chi connectivity index (χ1n) is 8.22. The van der Waals surface area contributed by atoms with Gasteiger partial charge in [0.05, 0.1) is 0 Å². The van der Waals surface area contributed by atoms with E-state index >= 15 is 0 Å². The van der Waals surface area contributed by atoms with Crippen LogP contribution in [-0.4, -0.2) is 16.1 Å². The Labute approximate surface area is 147 Å². The van der Waals surface area contributed by atoms with Crippen molar-refractivity contribution in [3.63, 3.8) is 0 Å². The fourth-order valence-electron chi connectivity index (χ4n) is 2.41. The van der Waals surface area contributed by atoms with Crippen molar-refractivity contribution in [2.24, 2.45) is 0 Å². The molecule has 0 saturated carbocycles. The molecule has 0 radical (unpaired) electrons. The van der Waals surface area contributed by atoms with Crippen molar-refractivity contribution >= 4 is 23.1 Å². The molecule has 3 aromatic rings. The van der Waals surface area contributed by atoms with Gasteiger partial charge < -0.3 is 10.6 Å². The van der Waals surface area contributed by atoms with E-state index in [-0.39, 0.29) is 11.6 Å². The van der Waals surface area contributed by atoms with Crippen LogP contribution in [-0.2, 0) is 6.42 Å². The number of carbonyl (C=O) groups excluding carboxylic acids is 1. The van der Waals surface area contributed by atoms with Gasteiger partial charge in [-0.25, -0.2) is 0 Å². The smallest absolute Gasteiger partial charge is 0.276 e. The summed E-state index contributed by atoms with van der Waals surface area (Å²) in [5, 5.41) is 14.1. The Bertz CT molecular complexity index is 858. The molecular formula is C20H20N4O. The Morgan fingerprint density at radius 2 is 1.76 bits per heavy atom. The summed E-state index contributed by atoms with van der Waals surface area (Å²) >= 11 is 0. The van der Waals surface area contributed by atoms with Gasteiger partial charge in [-0.2, -0.15) is 0 Å². The molecule has 2 aromatic carbocycles. The lowest BCUT2D eigenvalue weighted by molar-refractivity contribution is 0.102. The summed E-state index contributed by atoms with van der Waals surface area (Å²) in [6.45, 7) is 4.09. The number of aromatic nitrogens is 2. The number of anilines is 3. The zero-order chi connectivity index (χ0) is 17.6. The van der Waals surface area contributed by atoms with Crippen LogP contribution in [0.1, 0.15) is 28.5 Å². The van der Waals surface area contributed by atoms with Gasteiger partial charge in [-0.3, -0.25) is 4.79 Å². The van der Waals surface area contributed by atoms with Gasteiger partial charge in [-0.05, 0) is 60.9 Å². The standard InChI is InChI=1S/C20H20N4O/c1-3-15-7-9-16(10-8-15)21-19-12-11-18(23-24-19)20(25)22-17-6-4-5-14(2)13-17/h4-13H,3H2,1-2H3,(H,21,24)(H,22,25). The normalized spacial score (nSPS) is 10.3. The predicted octanol–water partition coefficient (Wildman–Crippen LogP) is 4.34. The van der Waals surface area contributed by atoms with Gasteiger partial charge in [0.25, 0.3) is 5.91 Å². The third-order valence-corrected chi connectivity index (χ3v) is 3.81. The molecule has 3 rings (SSSR count). The summed E-state index contributed by atoms with van der Waals surface area (Å²) in [7, 11) is 0. The molecule has 1 heterocycles. The topological polar surface area (TPSA) is 66.9 Å². The third kappa shape index (κ3) is 4.41. The average Bonchev–Trinajstić information content (AvgIpc) is 2.63. The van der Waals surface area contributed by atoms with Crippen LogP contribution in [0.15, 0.2) is 60.7 Å². The van der Waals surface area contributed by atoms with E-state index in [2.05, 4.69) is 39.9 Å². The highest BCUT2D eigenvalue weighted by Crippen LogP contribution is 2.16. The van der Waals surface area contributed by atoms with E-state index in [1.165, 1.54) is 5.56 Å². The number of aryl methyl sites for hydroxylation is 2. The molecule has 25 heavy (non-hydrogen) atoms. The van der Waals surface area contributed by atoms with Gasteiger partial charge in [0.2, 0.25) is 0 Å². The zero-order valence-electron chi connectivity index (χ0n) is 14.3. The van der Waals surface area contributed by atoms with Crippen LogP contribution in [0, 0.1) is 6.92 Å². The number of rotatable bonds is 5. The number of carbonyl (C=O) groups is 1. The molecule has 0 fully saturated rings. The molecule has 1 amide bonds. The van der Waals surface area contributed by atoms with E-state index in [4.69, 9.17) is 0 Å². The Morgan fingerprint density at radius 3 is 2.40 bits per heavy atom. The lowest BCUT2D eigenvalue weighted by atomic mass is 10.1. The van der Waals surface area contributed by atoms with Gasteiger partial charge in [0, 0.05) is 11.4 Å². The Kier molecular flexibility index (Phi) is 5.04. The first-order valence-corrected chi connectivity index (χ1v) is 8.22. The molecule has 5 nitrogen and oxygen atoms in total. The summed E-state index contributed by atoms with van der Waals surface area (Å²) in [6.07, 6.45) is 1.00. The number of amides is 1. The van der Waals surface area contributed by atoms with Gasteiger partial charge >= 0.3 is 0 Å². The monoisotopic (exact) mass is 332 g/mol. The van der Waals surface area contributed by atoms with Crippen molar-refractivity contribution in [3.8, 4) is 0 Å². The van der Waals surface area contributed by atoms with Crippen LogP contribution in [0.25, 0.3) is 0 Å². The number of nitrogens with zero attached hydrogens (tertiary/aromatic N) is 2. The van der Waals surface area contributed by atoms with Crippen LogP contribution in [0.3, 0.4) is 0 Å². The Hall–Kier alpha value is -3.21. The lowest BCUT2D eigenvalue weighted by Gasteiger charge is -2.07. The largest absolute Gasteiger partial charge is 0.339 e. The highest BCUT2D eigenvalue weighted by atomic mass is 16.1. The second-order valence-electron chi connectivity index (χ2n) is 5.80. The first-order chi connectivity index (χ1) is 12.1. The molecule has 5 heteroatoms. The summed E-state index contributed by atoms with van der Waals surface area (Å²) in [4.78, 5) is 12.2. The van der Waals surface area contributed by atoms with E-state index in [0.717, 1.165) is 23.4 Å². The molecule has 126 valence electrons. The summed E-state index contributed by atoms with van der Waals surface area (Å²) in [5.41, 5.74) is 4.30. The number of hydrogen-bond acceptors (Lipinski definition) is 4. The predicted molar refractivity (Wildman–Crippen MR) is 100 cm³/mol. The summed E-state index contributed by atoms with van der Waals surface area (Å²) in [5.74, 6) is 0.313. The second-order valence-corrected chi connectivity index (χ2v) is 5.80. The van der Waals surface area contributed by atoms with Gasteiger partial charge in [0.15, 0.2) is 11.5 Å². The van der Waals surface area contributed by atoms with Crippen LogP contribution in [0.5, 0.6) is 0 Å². The van der Waals surface area contributed by atoms with Crippen LogP contribution < -0.4 is 10.6 Å².